The maximum Gasteiger partial charge on any atom is 0.0568 e. The smallest absolute Gasteiger partial charge is 0.0568 e. The third kappa shape index (κ3) is 6.14. The van der Waals surface area contributed by atoms with Gasteiger partial charge in [-0.1, -0.05) is 176 Å². The van der Waals surface area contributed by atoms with Gasteiger partial charge in [0.2, 0.25) is 0 Å². The minimum atomic E-state index is 1.09. The van der Waals surface area contributed by atoms with E-state index in [9.17, 15) is 0 Å². The molecular formula is C54H38N2. The van der Waals surface area contributed by atoms with E-state index in [0.717, 1.165) is 33.8 Å². The number of hydrogen-bond donors (Lipinski definition) is 0. The molecule has 1 heterocycles. The Balaban J connectivity index is 1.19. The van der Waals surface area contributed by atoms with Crippen LogP contribution in [0.2, 0.25) is 0 Å². The number of anilines is 3. The molecule has 10 aromatic rings. The van der Waals surface area contributed by atoms with Crippen LogP contribution < -0.4 is 4.90 Å². The molecule has 0 fully saturated rings. The first-order valence-electron chi connectivity index (χ1n) is 19.2. The second-order valence-electron chi connectivity index (χ2n) is 14.2. The molecule has 0 radical (unpaired) electrons. The summed E-state index contributed by atoms with van der Waals surface area (Å²) < 4.78 is 2.42. The summed E-state index contributed by atoms with van der Waals surface area (Å²) >= 11 is 0. The minimum Gasteiger partial charge on any atom is -0.310 e. The van der Waals surface area contributed by atoms with Gasteiger partial charge >= 0.3 is 0 Å². The Bertz CT molecular complexity index is 2900. The van der Waals surface area contributed by atoms with E-state index in [-0.39, 0.29) is 0 Å². The van der Waals surface area contributed by atoms with Crippen molar-refractivity contribution in [2.75, 3.05) is 4.90 Å². The number of benzene rings is 9. The van der Waals surface area contributed by atoms with E-state index in [1.807, 2.05) is 0 Å². The van der Waals surface area contributed by atoms with Crippen LogP contribution in [0.3, 0.4) is 0 Å². The fourth-order valence-corrected chi connectivity index (χ4v) is 8.05. The van der Waals surface area contributed by atoms with Crippen LogP contribution in [0.1, 0.15) is 0 Å². The van der Waals surface area contributed by atoms with E-state index in [1.165, 1.54) is 55.2 Å². The first kappa shape index (κ1) is 33.2. The Kier molecular flexibility index (Phi) is 8.55. The van der Waals surface area contributed by atoms with Crippen molar-refractivity contribution in [1.29, 1.82) is 0 Å². The van der Waals surface area contributed by atoms with Crippen molar-refractivity contribution in [3.8, 4) is 50.2 Å². The summed E-state index contributed by atoms with van der Waals surface area (Å²) in [5.74, 6) is 0. The zero-order valence-corrected chi connectivity index (χ0v) is 30.8. The topological polar surface area (TPSA) is 8.17 Å². The van der Waals surface area contributed by atoms with Crippen molar-refractivity contribution in [3.63, 3.8) is 0 Å². The third-order valence-electron chi connectivity index (χ3n) is 10.8. The first-order valence-corrected chi connectivity index (χ1v) is 19.2. The number of nitrogens with zero attached hydrogens (tertiary/aromatic N) is 2. The standard InChI is InChI=1S/C54H38N2/c1-5-15-39(16-6-1)42-25-27-43(28-26-42)45-31-35-49(36-32-45)55(48-33-29-44(30-34-48)40-17-7-2-8-18-40)52-37-46(41-19-9-3-10-20-41)38-53-54(52)50-23-13-14-24-51(50)56(53)47-21-11-4-12-22-47/h1-38H. The van der Waals surface area contributed by atoms with E-state index in [0.29, 0.717) is 0 Å². The molecule has 0 aliphatic rings. The first-order chi connectivity index (χ1) is 27.8. The number of hydrogen-bond acceptors (Lipinski definition) is 1. The van der Waals surface area contributed by atoms with Gasteiger partial charge in [-0.15, -0.1) is 0 Å². The summed E-state index contributed by atoms with van der Waals surface area (Å²) in [6.45, 7) is 0. The third-order valence-corrected chi connectivity index (χ3v) is 10.8. The Labute approximate surface area is 327 Å². The molecule has 264 valence electrons. The number of fused-ring (bicyclic) bond motifs is 3. The van der Waals surface area contributed by atoms with Gasteiger partial charge in [0.25, 0.3) is 0 Å². The highest BCUT2D eigenvalue weighted by molar-refractivity contribution is 6.17. The van der Waals surface area contributed by atoms with Gasteiger partial charge in [0.05, 0.1) is 16.7 Å². The van der Waals surface area contributed by atoms with Crippen LogP contribution in [0, 0.1) is 0 Å². The van der Waals surface area contributed by atoms with Crippen molar-refractivity contribution in [1.82, 2.24) is 4.57 Å². The highest BCUT2D eigenvalue weighted by Gasteiger charge is 2.23. The lowest BCUT2D eigenvalue weighted by Gasteiger charge is -2.28. The lowest BCUT2D eigenvalue weighted by atomic mass is 9.98. The second kappa shape index (κ2) is 14.4. The lowest BCUT2D eigenvalue weighted by molar-refractivity contribution is 1.18. The van der Waals surface area contributed by atoms with Crippen molar-refractivity contribution in [2.24, 2.45) is 0 Å². The predicted molar refractivity (Wildman–Crippen MR) is 237 cm³/mol. The molecule has 10 rings (SSSR count). The van der Waals surface area contributed by atoms with E-state index >= 15 is 0 Å². The maximum absolute atomic E-state index is 2.44. The molecule has 0 spiro atoms. The summed E-state index contributed by atoms with van der Waals surface area (Å²) in [6, 6.07) is 83.1. The van der Waals surface area contributed by atoms with Gasteiger partial charge < -0.3 is 9.47 Å². The molecule has 0 bridgehead atoms. The molecule has 1 aromatic heterocycles. The minimum absolute atomic E-state index is 1.09. The van der Waals surface area contributed by atoms with Crippen LogP contribution in [0.4, 0.5) is 17.1 Å². The molecular weight excluding hydrogens is 677 g/mol. The maximum atomic E-state index is 2.44. The van der Waals surface area contributed by atoms with Gasteiger partial charge in [-0.3, -0.25) is 0 Å². The SMILES string of the molecule is c1ccc(-c2ccc(-c3ccc(N(c4ccc(-c5ccccc5)cc4)c4cc(-c5ccccc5)cc5c4c4ccccc4n5-c4ccccc4)cc3)cc2)cc1. The van der Waals surface area contributed by atoms with Crippen LogP contribution in [0.15, 0.2) is 231 Å². The van der Waals surface area contributed by atoms with Crippen LogP contribution >= 0.6 is 0 Å². The van der Waals surface area contributed by atoms with Gasteiger partial charge in [0.15, 0.2) is 0 Å². The van der Waals surface area contributed by atoms with Gasteiger partial charge in [-0.25, -0.2) is 0 Å². The average Bonchev–Trinajstić information content (AvgIpc) is 3.63. The summed E-state index contributed by atoms with van der Waals surface area (Å²) in [7, 11) is 0. The lowest BCUT2D eigenvalue weighted by Crippen LogP contribution is -2.11. The molecule has 9 aromatic carbocycles. The monoisotopic (exact) mass is 714 g/mol. The van der Waals surface area contributed by atoms with Crippen LogP contribution in [-0.4, -0.2) is 4.57 Å². The molecule has 0 unspecified atom stereocenters. The Hall–Kier alpha value is -7.42. The highest BCUT2D eigenvalue weighted by atomic mass is 15.1. The summed E-state index contributed by atoms with van der Waals surface area (Å²) in [5.41, 5.74) is 16.3. The Morgan fingerprint density at radius 3 is 1.14 bits per heavy atom. The molecule has 0 atom stereocenters. The number of rotatable bonds is 8. The van der Waals surface area contributed by atoms with E-state index in [2.05, 4.69) is 240 Å². The van der Waals surface area contributed by atoms with E-state index in [1.54, 1.807) is 0 Å². The van der Waals surface area contributed by atoms with Crippen LogP contribution in [0.25, 0.3) is 72.0 Å². The molecule has 0 N–H and O–H groups in total. The van der Waals surface area contributed by atoms with Crippen molar-refractivity contribution in [2.45, 2.75) is 0 Å². The summed E-state index contributed by atoms with van der Waals surface area (Å²) in [6.07, 6.45) is 0. The van der Waals surface area contributed by atoms with Gasteiger partial charge in [0, 0.05) is 27.8 Å². The summed E-state index contributed by atoms with van der Waals surface area (Å²) in [4.78, 5) is 2.44. The van der Waals surface area contributed by atoms with Crippen molar-refractivity contribution < 1.29 is 0 Å². The molecule has 0 aliphatic carbocycles. The molecule has 56 heavy (non-hydrogen) atoms. The molecule has 2 heteroatoms. The highest BCUT2D eigenvalue weighted by Crippen LogP contribution is 2.46. The van der Waals surface area contributed by atoms with E-state index < -0.39 is 0 Å². The van der Waals surface area contributed by atoms with Gasteiger partial charge in [-0.2, -0.15) is 0 Å². The zero-order valence-electron chi connectivity index (χ0n) is 30.8. The quantitative estimate of drug-likeness (QED) is 0.152. The van der Waals surface area contributed by atoms with E-state index in [4.69, 9.17) is 0 Å². The molecule has 0 saturated heterocycles. The van der Waals surface area contributed by atoms with Crippen molar-refractivity contribution in [3.05, 3.63) is 231 Å². The molecule has 2 nitrogen and oxygen atoms in total. The normalized spacial score (nSPS) is 11.2. The van der Waals surface area contributed by atoms with Gasteiger partial charge in [-0.05, 0) is 99.1 Å². The average molecular weight is 715 g/mol. The van der Waals surface area contributed by atoms with Crippen molar-refractivity contribution >= 4 is 38.9 Å². The van der Waals surface area contributed by atoms with Crippen LogP contribution in [0.5, 0.6) is 0 Å². The fourth-order valence-electron chi connectivity index (χ4n) is 8.05. The van der Waals surface area contributed by atoms with Gasteiger partial charge in [0.1, 0.15) is 0 Å². The number of aromatic nitrogens is 1. The van der Waals surface area contributed by atoms with Crippen LogP contribution in [-0.2, 0) is 0 Å². The molecule has 0 aliphatic heterocycles. The molecule has 0 saturated carbocycles. The second-order valence-corrected chi connectivity index (χ2v) is 14.2. The Morgan fingerprint density at radius 1 is 0.286 bits per heavy atom. The Morgan fingerprint density at radius 2 is 0.661 bits per heavy atom. The summed E-state index contributed by atoms with van der Waals surface area (Å²) in [5, 5.41) is 2.42. The zero-order chi connectivity index (χ0) is 37.3. The molecule has 0 amide bonds. The largest absolute Gasteiger partial charge is 0.310 e. The fraction of sp³-hybridized carbons (Fsp3) is 0. The predicted octanol–water partition coefficient (Wildman–Crippen LogP) is 14.9. The number of para-hydroxylation sites is 2.